The maximum atomic E-state index is 12.0. The number of hydrogen-bond acceptors (Lipinski definition) is 4. The van der Waals surface area contributed by atoms with Crippen LogP contribution in [-0.2, 0) is 4.79 Å². The number of thiol groups is 1. The maximum absolute atomic E-state index is 12.0. The summed E-state index contributed by atoms with van der Waals surface area (Å²) in [6, 6.07) is 0.222. The molecule has 4 heteroatoms. The molecule has 0 aliphatic heterocycles. The van der Waals surface area contributed by atoms with E-state index < -0.39 is 0 Å². The second-order valence-electron chi connectivity index (χ2n) is 4.90. The van der Waals surface area contributed by atoms with E-state index >= 15 is 0 Å². The molecule has 16 heavy (non-hydrogen) atoms. The van der Waals surface area contributed by atoms with Gasteiger partial charge in [0.2, 0.25) is 0 Å². The van der Waals surface area contributed by atoms with Crippen LogP contribution >= 0.6 is 12.6 Å². The Balaban J connectivity index is 4.36. The Morgan fingerprint density at radius 1 is 1.31 bits per heavy atom. The summed E-state index contributed by atoms with van der Waals surface area (Å²) in [5, 5.41) is 3.51. The number of carbonyl (C=O) groups is 1. The maximum Gasteiger partial charge on any atom is 0.152 e. The van der Waals surface area contributed by atoms with E-state index in [0.29, 0.717) is 12.6 Å². The smallest absolute Gasteiger partial charge is 0.152 e. The summed E-state index contributed by atoms with van der Waals surface area (Å²) >= 11 is 4.46. The van der Waals surface area contributed by atoms with Crippen LogP contribution in [0.15, 0.2) is 0 Å². The van der Waals surface area contributed by atoms with Crippen molar-refractivity contribution in [3.8, 4) is 0 Å². The molecule has 0 aromatic carbocycles. The van der Waals surface area contributed by atoms with Crippen molar-refractivity contribution in [1.29, 1.82) is 0 Å². The summed E-state index contributed by atoms with van der Waals surface area (Å²) in [6.07, 6.45) is 1.61. The third-order valence-corrected chi connectivity index (χ3v) is 2.92. The fraction of sp³-hybridized carbons (Fsp3) is 0.917. The molecule has 3 N–H and O–H groups in total. The van der Waals surface area contributed by atoms with E-state index in [4.69, 9.17) is 5.73 Å². The summed E-state index contributed by atoms with van der Waals surface area (Å²) in [4.78, 5) is 12.0. The van der Waals surface area contributed by atoms with E-state index in [1.165, 1.54) is 0 Å². The Hall–Kier alpha value is -0.0600. The van der Waals surface area contributed by atoms with Gasteiger partial charge in [-0.2, -0.15) is 12.6 Å². The molecule has 0 aliphatic carbocycles. The normalized spacial score (nSPS) is 15.5. The van der Waals surface area contributed by atoms with Crippen molar-refractivity contribution >= 4 is 18.4 Å². The van der Waals surface area contributed by atoms with Crippen molar-refractivity contribution in [2.75, 3.05) is 6.54 Å². The zero-order chi connectivity index (χ0) is 12.7. The highest BCUT2D eigenvalue weighted by atomic mass is 32.1. The Kier molecular flexibility index (Phi) is 8.06. The highest BCUT2D eigenvalue weighted by Gasteiger charge is 2.23. The monoisotopic (exact) mass is 246 g/mol. The average Bonchev–Trinajstić information content (AvgIpc) is 2.15. The molecule has 2 unspecified atom stereocenters. The van der Waals surface area contributed by atoms with Crippen LogP contribution in [0.25, 0.3) is 0 Å². The van der Waals surface area contributed by atoms with Crippen LogP contribution in [-0.4, -0.2) is 29.7 Å². The number of nitrogens with one attached hydrogen (secondary N) is 1. The SMILES string of the molecule is CC(C)NC(CC(S)CCN)C(=O)C(C)C. The number of carbonyl (C=O) groups excluding carboxylic acids is 1. The Labute approximate surface area is 105 Å². The minimum Gasteiger partial charge on any atom is -0.330 e. The standard InChI is InChI=1S/C12H26N2OS/c1-8(2)12(15)11(14-9(3)4)7-10(16)5-6-13/h8-11,14,16H,5-7,13H2,1-4H3. The van der Waals surface area contributed by atoms with Gasteiger partial charge in [-0.1, -0.05) is 27.7 Å². The minimum atomic E-state index is -0.0888. The molecular formula is C12H26N2OS. The van der Waals surface area contributed by atoms with Crippen molar-refractivity contribution in [2.45, 2.75) is 57.9 Å². The van der Waals surface area contributed by atoms with E-state index in [1.807, 2.05) is 13.8 Å². The lowest BCUT2D eigenvalue weighted by Gasteiger charge is -2.24. The van der Waals surface area contributed by atoms with Crippen LogP contribution in [0.4, 0.5) is 0 Å². The van der Waals surface area contributed by atoms with Crippen LogP contribution in [0.5, 0.6) is 0 Å². The lowest BCUT2D eigenvalue weighted by atomic mass is 9.96. The summed E-state index contributed by atoms with van der Waals surface area (Å²) in [7, 11) is 0. The Morgan fingerprint density at radius 3 is 2.25 bits per heavy atom. The van der Waals surface area contributed by atoms with Gasteiger partial charge in [0.1, 0.15) is 0 Å². The quantitative estimate of drug-likeness (QED) is 0.570. The molecule has 0 amide bonds. The van der Waals surface area contributed by atoms with Crippen molar-refractivity contribution in [3.63, 3.8) is 0 Å². The van der Waals surface area contributed by atoms with Gasteiger partial charge >= 0.3 is 0 Å². The molecule has 0 aromatic rings. The van der Waals surface area contributed by atoms with Gasteiger partial charge in [0.05, 0.1) is 6.04 Å². The second kappa shape index (κ2) is 8.09. The lowest BCUT2D eigenvalue weighted by Crippen LogP contribution is -2.44. The van der Waals surface area contributed by atoms with Gasteiger partial charge in [-0.05, 0) is 19.4 Å². The highest BCUT2D eigenvalue weighted by molar-refractivity contribution is 7.80. The molecule has 0 fully saturated rings. The van der Waals surface area contributed by atoms with Gasteiger partial charge in [0.25, 0.3) is 0 Å². The molecule has 0 rings (SSSR count). The Bertz CT molecular complexity index is 207. The van der Waals surface area contributed by atoms with Gasteiger partial charge in [0.15, 0.2) is 5.78 Å². The molecule has 0 heterocycles. The first-order valence-corrected chi connectivity index (χ1v) is 6.58. The summed E-state index contributed by atoms with van der Waals surface area (Å²) < 4.78 is 0. The molecule has 0 bridgehead atoms. The van der Waals surface area contributed by atoms with Crippen LogP contribution in [0.2, 0.25) is 0 Å². The molecular weight excluding hydrogens is 220 g/mol. The third-order valence-electron chi connectivity index (χ3n) is 2.45. The van der Waals surface area contributed by atoms with Crippen molar-refractivity contribution in [2.24, 2.45) is 11.7 Å². The molecule has 3 nitrogen and oxygen atoms in total. The number of hydrogen-bond donors (Lipinski definition) is 3. The number of nitrogens with two attached hydrogens (primary N) is 1. The fourth-order valence-corrected chi connectivity index (χ4v) is 2.01. The van der Waals surface area contributed by atoms with E-state index in [1.54, 1.807) is 0 Å². The molecule has 0 aromatic heterocycles. The molecule has 0 radical (unpaired) electrons. The first kappa shape index (κ1) is 15.9. The average molecular weight is 246 g/mol. The first-order chi connectivity index (χ1) is 7.38. The number of Topliss-reactive ketones (excluding diaryl/α,β-unsaturated/α-hetero) is 1. The Morgan fingerprint density at radius 2 is 1.88 bits per heavy atom. The predicted octanol–water partition coefficient (Wildman–Crippen LogP) is 1.62. The second-order valence-corrected chi connectivity index (χ2v) is 5.63. The van der Waals surface area contributed by atoms with E-state index in [9.17, 15) is 4.79 Å². The predicted molar refractivity (Wildman–Crippen MR) is 73.0 cm³/mol. The third kappa shape index (κ3) is 6.51. The van der Waals surface area contributed by atoms with Gasteiger partial charge in [0, 0.05) is 17.2 Å². The molecule has 0 saturated carbocycles. The number of rotatable bonds is 8. The van der Waals surface area contributed by atoms with Crippen LogP contribution in [0.1, 0.15) is 40.5 Å². The summed E-state index contributed by atoms with van der Waals surface area (Å²) in [5.41, 5.74) is 5.49. The van der Waals surface area contributed by atoms with Crippen molar-refractivity contribution in [3.05, 3.63) is 0 Å². The van der Waals surface area contributed by atoms with Gasteiger partial charge in [-0.25, -0.2) is 0 Å². The lowest BCUT2D eigenvalue weighted by molar-refractivity contribution is -0.124. The van der Waals surface area contributed by atoms with Gasteiger partial charge in [-0.15, -0.1) is 0 Å². The fourth-order valence-electron chi connectivity index (χ4n) is 1.65. The van der Waals surface area contributed by atoms with Crippen molar-refractivity contribution in [1.82, 2.24) is 5.32 Å². The summed E-state index contributed by atoms with van der Waals surface area (Å²) in [5.74, 6) is 0.333. The summed E-state index contributed by atoms with van der Waals surface area (Å²) in [6.45, 7) is 8.61. The zero-order valence-electron chi connectivity index (χ0n) is 10.9. The topological polar surface area (TPSA) is 55.1 Å². The molecule has 0 saturated heterocycles. The van der Waals surface area contributed by atoms with Crippen LogP contribution in [0, 0.1) is 5.92 Å². The van der Waals surface area contributed by atoms with Gasteiger partial charge < -0.3 is 11.1 Å². The molecule has 0 aliphatic rings. The van der Waals surface area contributed by atoms with Crippen molar-refractivity contribution < 1.29 is 4.79 Å². The minimum absolute atomic E-state index is 0.0645. The molecule has 0 spiro atoms. The highest BCUT2D eigenvalue weighted by Crippen LogP contribution is 2.13. The molecule has 96 valence electrons. The van der Waals surface area contributed by atoms with Crippen LogP contribution in [0.3, 0.4) is 0 Å². The first-order valence-electron chi connectivity index (χ1n) is 6.06. The van der Waals surface area contributed by atoms with E-state index in [2.05, 4.69) is 31.8 Å². The zero-order valence-corrected chi connectivity index (χ0v) is 11.8. The largest absolute Gasteiger partial charge is 0.330 e. The van der Waals surface area contributed by atoms with Crippen LogP contribution < -0.4 is 11.1 Å². The van der Waals surface area contributed by atoms with E-state index in [-0.39, 0.29) is 23.0 Å². The van der Waals surface area contributed by atoms with Gasteiger partial charge in [-0.3, -0.25) is 4.79 Å². The molecule has 2 atom stereocenters. The number of ketones is 1. The van der Waals surface area contributed by atoms with E-state index in [0.717, 1.165) is 12.8 Å².